The second-order valence-electron chi connectivity index (χ2n) is 7.67. The van der Waals surface area contributed by atoms with Crippen LogP contribution in [0.15, 0.2) is 16.7 Å². The normalized spacial score (nSPS) is 25.1. The Morgan fingerprint density at radius 1 is 1.15 bits per heavy atom. The minimum atomic E-state index is -0.477. The Labute approximate surface area is 158 Å². The van der Waals surface area contributed by atoms with Crippen molar-refractivity contribution in [1.82, 2.24) is 10.1 Å². The predicted octanol–water partition coefficient (Wildman–Crippen LogP) is 3.65. The van der Waals surface area contributed by atoms with E-state index in [1.807, 2.05) is 0 Å². The van der Waals surface area contributed by atoms with Gasteiger partial charge in [-0.1, -0.05) is 16.8 Å². The minimum absolute atomic E-state index is 0.104. The molecule has 0 radical (unpaired) electrons. The predicted molar refractivity (Wildman–Crippen MR) is 102 cm³/mol. The van der Waals surface area contributed by atoms with Gasteiger partial charge in [0, 0.05) is 38.3 Å². The molecule has 1 aliphatic carbocycles. The van der Waals surface area contributed by atoms with Gasteiger partial charge in [-0.15, -0.1) is 0 Å². The van der Waals surface area contributed by atoms with Crippen LogP contribution in [0.25, 0.3) is 11.0 Å². The van der Waals surface area contributed by atoms with Gasteiger partial charge >= 0.3 is 0 Å². The van der Waals surface area contributed by atoms with Crippen LogP contribution in [0, 0.1) is 11.7 Å². The molecule has 2 fully saturated rings. The van der Waals surface area contributed by atoms with Gasteiger partial charge in [-0.2, -0.15) is 0 Å². The number of halogens is 2. The van der Waals surface area contributed by atoms with E-state index in [0.717, 1.165) is 49.8 Å². The highest BCUT2D eigenvalue weighted by Gasteiger charge is 2.24. The van der Waals surface area contributed by atoms with Gasteiger partial charge in [0.2, 0.25) is 0 Å². The molecule has 1 aromatic heterocycles. The van der Waals surface area contributed by atoms with E-state index in [0.29, 0.717) is 11.6 Å². The Morgan fingerprint density at radius 2 is 1.88 bits per heavy atom. The third-order valence-electron chi connectivity index (χ3n) is 5.91. The van der Waals surface area contributed by atoms with Crippen molar-refractivity contribution >= 4 is 28.4 Å². The third kappa shape index (κ3) is 3.82. The summed E-state index contributed by atoms with van der Waals surface area (Å²) in [6.45, 7) is 4.97. The zero-order chi connectivity index (χ0) is 18.1. The van der Waals surface area contributed by atoms with E-state index in [9.17, 15) is 4.39 Å². The Bertz CT molecular complexity index is 751. The van der Waals surface area contributed by atoms with Gasteiger partial charge in [0.25, 0.3) is 0 Å². The van der Waals surface area contributed by atoms with Crippen molar-refractivity contribution in [3.05, 3.63) is 23.0 Å². The average Bonchev–Trinajstić information content (AvgIpc) is 3.05. The molecule has 1 saturated heterocycles. The lowest BCUT2D eigenvalue weighted by Gasteiger charge is -2.36. The van der Waals surface area contributed by atoms with E-state index in [4.69, 9.17) is 21.9 Å². The fraction of sp³-hybridized carbons (Fsp3) is 0.632. The molecular formula is C19H26ClFN4O. The van der Waals surface area contributed by atoms with Crippen LogP contribution in [0.5, 0.6) is 0 Å². The monoisotopic (exact) mass is 380 g/mol. The number of nitrogens with two attached hydrogens (primary N) is 1. The molecule has 142 valence electrons. The van der Waals surface area contributed by atoms with Crippen LogP contribution in [-0.2, 0) is 0 Å². The maximum atomic E-state index is 13.6. The molecule has 1 aromatic carbocycles. The molecule has 4 rings (SSSR count). The first-order valence-electron chi connectivity index (χ1n) is 9.57. The molecule has 0 atom stereocenters. The molecule has 26 heavy (non-hydrogen) atoms. The van der Waals surface area contributed by atoms with E-state index >= 15 is 0 Å². The summed E-state index contributed by atoms with van der Waals surface area (Å²) in [5.41, 5.74) is 6.44. The number of piperazine rings is 1. The number of hydrogen-bond donors (Lipinski definition) is 1. The van der Waals surface area contributed by atoms with Crippen molar-refractivity contribution in [2.75, 3.05) is 37.6 Å². The number of hydrogen-bond acceptors (Lipinski definition) is 5. The highest BCUT2D eigenvalue weighted by molar-refractivity contribution is 6.31. The lowest BCUT2D eigenvalue weighted by atomic mass is 9.84. The number of rotatable bonds is 4. The van der Waals surface area contributed by atoms with Gasteiger partial charge in [-0.25, -0.2) is 4.39 Å². The molecule has 5 nitrogen and oxygen atoms in total. The summed E-state index contributed by atoms with van der Waals surface area (Å²) < 4.78 is 18.9. The summed E-state index contributed by atoms with van der Waals surface area (Å²) in [7, 11) is 0. The highest BCUT2D eigenvalue weighted by atomic mass is 35.5. The number of aromatic nitrogens is 1. The molecule has 2 heterocycles. The van der Waals surface area contributed by atoms with Crippen LogP contribution in [0.2, 0.25) is 5.02 Å². The fourth-order valence-electron chi connectivity index (χ4n) is 4.17. The number of fused-ring (bicyclic) bond motifs is 1. The molecule has 7 heteroatoms. The van der Waals surface area contributed by atoms with Crippen LogP contribution < -0.4 is 10.6 Å². The lowest BCUT2D eigenvalue weighted by molar-refractivity contribution is 0.216. The summed E-state index contributed by atoms with van der Waals surface area (Å²) in [5, 5.41) is 5.03. The summed E-state index contributed by atoms with van der Waals surface area (Å²) in [4.78, 5) is 4.73. The third-order valence-corrected chi connectivity index (χ3v) is 6.20. The van der Waals surface area contributed by atoms with Gasteiger partial charge in [-0.3, -0.25) is 4.90 Å². The van der Waals surface area contributed by atoms with Crippen molar-refractivity contribution in [3.63, 3.8) is 0 Å². The smallest absolute Gasteiger partial charge is 0.180 e. The Balaban J connectivity index is 1.32. The van der Waals surface area contributed by atoms with Gasteiger partial charge in [0.05, 0.1) is 10.4 Å². The number of nitrogens with zero attached hydrogens (tertiary/aromatic N) is 3. The van der Waals surface area contributed by atoms with Crippen LogP contribution in [0.4, 0.5) is 10.2 Å². The Kier molecular flexibility index (Phi) is 5.34. The van der Waals surface area contributed by atoms with Crippen molar-refractivity contribution in [3.8, 4) is 0 Å². The largest absolute Gasteiger partial charge is 0.354 e. The molecule has 2 N–H and O–H groups in total. The van der Waals surface area contributed by atoms with Crippen molar-refractivity contribution in [2.45, 2.75) is 38.1 Å². The quantitative estimate of drug-likeness (QED) is 0.877. The SMILES string of the molecule is NC1CCC(CCN2CCN(c3noc4cc(F)c(Cl)cc34)CC2)CC1. The van der Waals surface area contributed by atoms with E-state index in [1.165, 1.54) is 38.2 Å². The standard InChI is InChI=1S/C19H26ClFN4O/c20-16-11-15-18(12-17(16)21)26-23-19(15)25-9-7-24(8-10-25)6-5-13-1-3-14(22)4-2-13/h11-14H,1-10,22H2. The molecule has 0 spiro atoms. The van der Waals surface area contributed by atoms with Gasteiger partial charge in [0.15, 0.2) is 11.4 Å². The van der Waals surface area contributed by atoms with Crippen LogP contribution in [0.1, 0.15) is 32.1 Å². The minimum Gasteiger partial charge on any atom is -0.354 e. The second-order valence-corrected chi connectivity index (χ2v) is 8.07. The summed E-state index contributed by atoms with van der Waals surface area (Å²) in [6.07, 6.45) is 6.20. The zero-order valence-electron chi connectivity index (χ0n) is 15.0. The van der Waals surface area contributed by atoms with Crippen molar-refractivity contribution in [1.29, 1.82) is 0 Å². The first kappa shape index (κ1) is 18.0. The first-order valence-corrected chi connectivity index (χ1v) is 9.95. The molecule has 0 amide bonds. The van der Waals surface area contributed by atoms with Gasteiger partial charge < -0.3 is 15.2 Å². The fourth-order valence-corrected chi connectivity index (χ4v) is 4.34. The molecule has 0 bridgehead atoms. The molecule has 0 unspecified atom stereocenters. The van der Waals surface area contributed by atoms with E-state index in [-0.39, 0.29) is 5.02 Å². The molecular weight excluding hydrogens is 355 g/mol. The average molecular weight is 381 g/mol. The van der Waals surface area contributed by atoms with Gasteiger partial charge in [-0.05, 0) is 50.6 Å². The van der Waals surface area contributed by atoms with E-state index in [2.05, 4.69) is 15.0 Å². The van der Waals surface area contributed by atoms with Gasteiger partial charge in [0.1, 0.15) is 5.82 Å². The van der Waals surface area contributed by atoms with E-state index < -0.39 is 5.82 Å². The molecule has 2 aromatic rings. The maximum absolute atomic E-state index is 13.6. The molecule has 1 aliphatic heterocycles. The summed E-state index contributed by atoms with van der Waals surface area (Å²) >= 11 is 5.92. The highest BCUT2D eigenvalue weighted by Crippen LogP contribution is 2.31. The second kappa shape index (κ2) is 7.71. The number of anilines is 1. The topological polar surface area (TPSA) is 58.5 Å². The lowest BCUT2D eigenvalue weighted by Crippen LogP contribution is -2.47. The summed E-state index contributed by atoms with van der Waals surface area (Å²) in [5.74, 6) is 1.13. The maximum Gasteiger partial charge on any atom is 0.180 e. The molecule has 2 aliphatic rings. The van der Waals surface area contributed by atoms with Crippen molar-refractivity contribution in [2.24, 2.45) is 11.7 Å². The van der Waals surface area contributed by atoms with E-state index in [1.54, 1.807) is 6.07 Å². The summed E-state index contributed by atoms with van der Waals surface area (Å²) in [6, 6.07) is 3.34. The number of benzene rings is 1. The zero-order valence-corrected chi connectivity index (χ0v) is 15.7. The van der Waals surface area contributed by atoms with Crippen LogP contribution in [0.3, 0.4) is 0 Å². The Hall–Kier alpha value is -1.37. The van der Waals surface area contributed by atoms with Crippen LogP contribution in [-0.4, -0.2) is 48.8 Å². The van der Waals surface area contributed by atoms with Crippen molar-refractivity contribution < 1.29 is 8.91 Å². The van der Waals surface area contributed by atoms with Crippen LogP contribution >= 0.6 is 11.6 Å². The molecule has 1 saturated carbocycles. The first-order chi connectivity index (χ1) is 12.6. The Morgan fingerprint density at radius 3 is 2.62 bits per heavy atom.